The van der Waals surface area contributed by atoms with Crippen LogP contribution < -0.4 is 0 Å². The summed E-state index contributed by atoms with van der Waals surface area (Å²) in [6, 6.07) is 18.9. The van der Waals surface area contributed by atoms with Gasteiger partial charge in [0.05, 0.1) is 0 Å². The number of hydrogen-bond acceptors (Lipinski definition) is 2. The summed E-state index contributed by atoms with van der Waals surface area (Å²) in [7, 11) is 2.29. The fraction of sp³-hybridized carbons (Fsp3) is 0.400. The average Bonchev–Trinajstić information content (AvgIpc) is 2.96. The Morgan fingerprint density at radius 3 is 2.50 bits per heavy atom. The lowest BCUT2D eigenvalue weighted by atomic mass is 9.71. The standard InChI is InChI=1S/C20H23NS/c1-21-11-10-18-16-4-2-3-5-17(16)19(12-20(18)21)15-8-6-14(13-22)7-9-15/h2-9,18-20,22H,10-13H2,1H3/t18-,19+,20-/m1/s1. The molecule has 0 N–H and O–H groups in total. The van der Waals surface area contributed by atoms with Crippen LogP contribution >= 0.6 is 12.6 Å². The Morgan fingerprint density at radius 1 is 1.05 bits per heavy atom. The van der Waals surface area contributed by atoms with Gasteiger partial charge in [0.1, 0.15) is 0 Å². The van der Waals surface area contributed by atoms with E-state index in [2.05, 4.69) is 73.1 Å². The monoisotopic (exact) mass is 309 g/mol. The van der Waals surface area contributed by atoms with Gasteiger partial charge in [-0.25, -0.2) is 0 Å². The summed E-state index contributed by atoms with van der Waals surface area (Å²) in [5.74, 6) is 2.08. The number of thiol groups is 1. The van der Waals surface area contributed by atoms with Crippen LogP contribution in [-0.2, 0) is 5.75 Å². The van der Waals surface area contributed by atoms with Crippen molar-refractivity contribution in [1.82, 2.24) is 4.90 Å². The first-order valence-electron chi connectivity index (χ1n) is 8.26. The van der Waals surface area contributed by atoms with E-state index in [1.807, 2.05) is 0 Å². The summed E-state index contributed by atoms with van der Waals surface area (Å²) in [5, 5.41) is 0. The molecular formula is C20H23NS. The SMILES string of the molecule is CN1CC[C@@H]2c3ccccc3[C@H](c3ccc(CS)cc3)C[C@H]21. The van der Waals surface area contributed by atoms with Crippen molar-refractivity contribution in [2.24, 2.45) is 0 Å². The highest BCUT2D eigenvalue weighted by Crippen LogP contribution is 2.47. The van der Waals surface area contributed by atoms with Crippen molar-refractivity contribution in [2.45, 2.75) is 36.5 Å². The first-order chi connectivity index (χ1) is 10.8. The summed E-state index contributed by atoms with van der Waals surface area (Å²) in [6.45, 7) is 1.23. The molecule has 22 heavy (non-hydrogen) atoms. The van der Waals surface area contributed by atoms with Gasteiger partial charge in [-0.05, 0) is 48.7 Å². The topological polar surface area (TPSA) is 3.24 Å². The lowest BCUT2D eigenvalue weighted by Gasteiger charge is -2.37. The Labute approximate surface area is 138 Å². The maximum Gasteiger partial charge on any atom is 0.0170 e. The Morgan fingerprint density at radius 2 is 1.77 bits per heavy atom. The van der Waals surface area contributed by atoms with Crippen molar-refractivity contribution >= 4 is 12.6 Å². The van der Waals surface area contributed by atoms with Gasteiger partial charge in [-0.1, -0.05) is 48.5 Å². The zero-order chi connectivity index (χ0) is 15.1. The van der Waals surface area contributed by atoms with Crippen molar-refractivity contribution in [3.63, 3.8) is 0 Å². The second kappa shape index (κ2) is 5.75. The minimum atomic E-state index is 0.534. The van der Waals surface area contributed by atoms with E-state index < -0.39 is 0 Å². The minimum absolute atomic E-state index is 0.534. The molecule has 0 unspecified atom stereocenters. The zero-order valence-electron chi connectivity index (χ0n) is 13.1. The van der Waals surface area contributed by atoms with Crippen molar-refractivity contribution in [3.8, 4) is 0 Å². The number of hydrogen-bond donors (Lipinski definition) is 1. The number of rotatable bonds is 2. The van der Waals surface area contributed by atoms with Crippen LogP contribution in [0.4, 0.5) is 0 Å². The molecular weight excluding hydrogens is 286 g/mol. The van der Waals surface area contributed by atoms with Gasteiger partial charge in [0, 0.05) is 23.6 Å². The van der Waals surface area contributed by atoms with E-state index in [1.165, 1.54) is 30.5 Å². The number of likely N-dealkylation sites (N-methyl/N-ethyl adjacent to an activating group) is 1. The molecule has 1 aliphatic carbocycles. The second-order valence-electron chi connectivity index (χ2n) is 6.76. The highest BCUT2D eigenvalue weighted by molar-refractivity contribution is 7.79. The van der Waals surface area contributed by atoms with Crippen LogP contribution in [0.1, 0.15) is 46.9 Å². The lowest BCUT2D eigenvalue weighted by Crippen LogP contribution is -2.34. The van der Waals surface area contributed by atoms with Gasteiger partial charge in [-0.2, -0.15) is 12.6 Å². The van der Waals surface area contributed by atoms with E-state index in [1.54, 1.807) is 11.1 Å². The summed E-state index contributed by atoms with van der Waals surface area (Å²) in [4.78, 5) is 2.57. The number of likely N-dealkylation sites (tertiary alicyclic amines) is 1. The van der Waals surface area contributed by atoms with Crippen molar-refractivity contribution < 1.29 is 0 Å². The second-order valence-corrected chi connectivity index (χ2v) is 7.08. The fourth-order valence-corrected chi connectivity index (χ4v) is 4.63. The van der Waals surface area contributed by atoms with E-state index in [4.69, 9.17) is 0 Å². The van der Waals surface area contributed by atoms with Crippen molar-refractivity contribution in [2.75, 3.05) is 13.6 Å². The minimum Gasteiger partial charge on any atom is -0.303 e. The average molecular weight is 309 g/mol. The molecule has 1 nitrogen and oxygen atoms in total. The van der Waals surface area contributed by atoms with Crippen molar-refractivity contribution in [3.05, 3.63) is 70.8 Å². The van der Waals surface area contributed by atoms with Gasteiger partial charge in [-0.3, -0.25) is 0 Å². The van der Waals surface area contributed by atoms with E-state index in [-0.39, 0.29) is 0 Å². The molecule has 0 spiro atoms. The van der Waals surface area contributed by atoms with Gasteiger partial charge in [-0.15, -0.1) is 0 Å². The molecule has 0 radical (unpaired) electrons. The molecule has 0 aromatic heterocycles. The van der Waals surface area contributed by atoms with Gasteiger partial charge in [0.2, 0.25) is 0 Å². The van der Waals surface area contributed by atoms with Crippen LogP contribution in [-0.4, -0.2) is 24.5 Å². The van der Waals surface area contributed by atoms with E-state index in [0.29, 0.717) is 12.0 Å². The highest BCUT2D eigenvalue weighted by atomic mass is 32.1. The van der Waals surface area contributed by atoms with Crippen LogP contribution in [0.3, 0.4) is 0 Å². The molecule has 2 heteroatoms. The molecule has 1 fully saturated rings. The predicted octanol–water partition coefficient (Wildman–Crippen LogP) is 4.44. The van der Waals surface area contributed by atoms with Crippen molar-refractivity contribution in [1.29, 1.82) is 0 Å². The Hall–Kier alpha value is -1.25. The maximum absolute atomic E-state index is 4.37. The fourth-order valence-electron chi connectivity index (χ4n) is 4.42. The normalized spacial score (nSPS) is 27.5. The molecule has 2 aromatic carbocycles. The molecule has 1 saturated heterocycles. The quantitative estimate of drug-likeness (QED) is 0.803. The van der Waals surface area contributed by atoms with Crippen LogP contribution in [0, 0.1) is 0 Å². The molecule has 3 atom stereocenters. The largest absolute Gasteiger partial charge is 0.303 e. The molecule has 4 rings (SSSR count). The first kappa shape index (κ1) is 14.3. The molecule has 1 heterocycles. The molecule has 0 amide bonds. The van der Waals surface area contributed by atoms with E-state index >= 15 is 0 Å². The Balaban J connectivity index is 1.77. The smallest absolute Gasteiger partial charge is 0.0170 e. The predicted molar refractivity (Wildman–Crippen MR) is 95.8 cm³/mol. The third-order valence-corrected chi connectivity index (χ3v) is 6.00. The van der Waals surface area contributed by atoms with Gasteiger partial charge < -0.3 is 4.90 Å². The van der Waals surface area contributed by atoms with Gasteiger partial charge >= 0.3 is 0 Å². The summed E-state index contributed by atoms with van der Waals surface area (Å²) >= 11 is 4.37. The van der Waals surface area contributed by atoms with E-state index in [9.17, 15) is 0 Å². The molecule has 2 aliphatic rings. The van der Waals surface area contributed by atoms with Gasteiger partial charge in [0.15, 0.2) is 0 Å². The Bertz CT molecular complexity index is 664. The zero-order valence-corrected chi connectivity index (χ0v) is 14.0. The Kier molecular flexibility index (Phi) is 3.75. The molecule has 0 bridgehead atoms. The molecule has 114 valence electrons. The molecule has 2 aromatic rings. The summed E-state index contributed by atoms with van der Waals surface area (Å²) in [5.41, 5.74) is 5.90. The highest BCUT2D eigenvalue weighted by Gasteiger charge is 2.40. The lowest BCUT2D eigenvalue weighted by molar-refractivity contribution is 0.265. The number of nitrogens with zero attached hydrogens (tertiary/aromatic N) is 1. The first-order valence-corrected chi connectivity index (χ1v) is 8.90. The van der Waals surface area contributed by atoms with Crippen LogP contribution in [0.15, 0.2) is 48.5 Å². The summed E-state index contributed by atoms with van der Waals surface area (Å²) < 4.78 is 0. The van der Waals surface area contributed by atoms with E-state index in [0.717, 1.165) is 11.7 Å². The van der Waals surface area contributed by atoms with Crippen LogP contribution in [0.25, 0.3) is 0 Å². The number of benzene rings is 2. The third-order valence-electron chi connectivity index (χ3n) is 5.64. The number of fused-ring (bicyclic) bond motifs is 3. The molecule has 1 aliphatic heterocycles. The molecule has 0 saturated carbocycles. The van der Waals surface area contributed by atoms with Gasteiger partial charge in [0.25, 0.3) is 0 Å². The summed E-state index contributed by atoms with van der Waals surface area (Å²) in [6.07, 6.45) is 2.56. The maximum atomic E-state index is 4.37. The van der Waals surface area contributed by atoms with Crippen LogP contribution in [0.2, 0.25) is 0 Å². The van der Waals surface area contributed by atoms with Crippen LogP contribution in [0.5, 0.6) is 0 Å². The third kappa shape index (κ3) is 2.29.